The number of aliphatic hydroxyl groups excluding tert-OH is 1. The van der Waals surface area contributed by atoms with Gasteiger partial charge in [-0.25, -0.2) is 4.98 Å². The van der Waals surface area contributed by atoms with E-state index in [9.17, 15) is 9.90 Å². The van der Waals surface area contributed by atoms with Crippen LogP contribution in [0.4, 0.5) is 0 Å². The van der Waals surface area contributed by atoms with Crippen LogP contribution >= 0.6 is 0 Å². The summed E-state index contributed by atoms with van der Waals surface area (Å²) in [6.07, 6.45) is 0.156. The van der Waals surface area contributed by atoms with Gasteiger partial charge in [0.25, 0.3) is 5.91 Å². The molecular weight excluding hydrogens is 280 g/mol. The molecule has 0 aliphatic carbocycles. The lowest BCUT2D eigenvalue weighted by Gasteiger charge is -2.13. The number of rotatable bonds is 6. The van der Waals surface area contributed by atoms with Gasteiger partial charge in [-0.2, -0.15) is 5.10 Å². The molecule has 0 fully saturated rings. The molecule has 0 saturated heterocycles. The van der Waals surface area contributed by atoms with Crippen LogP contribution in [0.2, 0.25) is 0 Å². The first-order chi connectivity index (χ1) is 10.5. The third kappa shape index (κ3) is 4.39. The van der Waals surface area contributed by atoms with E-state index in [1.807, 2.05) is 32.9 Å². The third-order valence-electron chi connectivity index (χ3n) is 3.24. The van der Waals surface area contributed by atoms with E-state index in [-0.39, 0.29) is 12.5 Å². The lowest BCUT2D eigenvalue weighted by molar-refractivity contribution is 0.0900. The Labute approximate surface area is 130 Å². The van der Waals surface area contributed by atoms with Crippen LogP contribution in [0, 0.1) is 12.8 Å². The molecule has 118 valence electrons. The van der Waals surface area contributed by atoms with Gasteiger partial charge in [-0.3, -0.25) is 9.89 Å². The van der Waals surface area contributed by atoms with Crippen LogP contribution in [0.1, 0.15) is 36.5 Å². The van der Waals surface area contributed by atoms with Crippen LogP contribution in [0.15, 0.2) is 24.3 Å². The number of aryl methyl sites for hydroxylation is 1. The second-order valence-corrected chi connectivity index (χ2v) is 5.82. The van der Waals surface area contributed by atoms with Gasteiger partial charge in [-0.15, -0.1) is 0 Å². The predicted octanol–water partition coefficient (Wildman–Crippen LogP) is 1.92. The van der Waals surface area contributed by atoms with Gasteiger partial charge in [0.2, 0.25) is 0 Å². The minimum absolute atomic E-state index is 0.194. The van der Waals surface area contributed by atoms with Gasteiger partial charge in [0.1, 0.15) is 5.82 Å². The summed E-state index contributed by atoms with van der Waals surface area (Å²) in [5.74, 6) is 1.56. The van der Waals surface area contributed by atoms with Crippen LogP contribution in [0.3, 0.4) is 0 Å². The molecule has 22 heavy (non-hydrogen) atoms. The summed E-state index contributed by atoms with van der Waals surface area (Å²) in [6, 6.07) is 7.07. The first-order valence-electron chi connectivity index (χ1n) is 7.41. The molecule has 6 heteroatoms. The summed E-state index contributed by atoms with van der Waals surface area (Å²) >= 11 is 0. The molecule has 3 N–H and O–H groups in total. The summed E-state index contributed by atoms with van der Waals surface area (Å²) in [5.41, 5.74) is 1.40. The monoisotopic (exact) mass is 302 g/mol. The molecule has 1 aromatic heterocycles. The van der Waals surface area contributed by atoms with Crippen LogP contribution in [-0.4, -0.2) is 38.8 Å². The highest BCUT2D eigenvalue weighted by atomic mass is 16.3. The van der Waals surface area contributed by atoms with Gasteiger partial charge in [0, 0.05) is 17.7 Å². The van der Waals surface area contributed by atoms with Gasteiger partial charge in [0.15, 0.2) is 5.82 Å². The number of aliphatic hydroxyl groups is 1. The number of benzene rings is 1. The highest BCUT2D eigenvalue weighted by Gasteiger charge is 2.11. The van der Waals surface area contributed by atoms with E-state index in [0.717, 1.165) is 11.4 Å². The molecule has 1 heterocycles. The van der Waals surface area contributed by atoms with E-state index in [0.29, 0.717) is 23.7 Å². The maximum absolute atomic E-state index is 12.0. The molecule has 0 aliphatic heterocycles. The van der Waals surface area contributed by atoms with E-state index >= 15 is 0 Å². The quantitative estimate of drug-likeness (QED) is 0.760. The number of carbonyl (C=O) groups is 1. The molecule has 1 unspecified atom stereocenters. The Kier molecular flexibility index (Phi) is 5.27. The van der Waals surface area contributed by atoms with E-state index in [1.54, 1.807) is 12.1 Å². The maximum Gasteiger partial charge on any atom is 0.251 e. The van der Waals surface area contributed by atoms with E-state index in [4.69, 9.17) is 0 Å². The highest BCUT2D eigenvalue weighted by Crippen LogP contribution is 2.15. The van der Waals surface area contributed by atoms with Crippen molar-refractivity contribution >= 4 is 5.91 Å². The second-order valence-electron chi connectivity index (χ2n) is 5.82. The van der Waals surface area contributed by atoms with Crippen LogP contribution in [0.5, 0.6) is 0 Å². The molecule has 2 aromatic rings. The van der Waals surface area contributed by atoms with Crippen molar-refractivity contribution in [1.29, 1.82) is 0 Å². The summed E-state index contributed by atoms with van der Waals surface area (Å²) < 4.78 is 0. The molecule has 6 nitrogen and oxygen atoms in total. The van der Waals surface area contributed by atoms with Crippen molar-refractivity contribution in [3.8, 4) is 11.4 Å². The van der Waals surface area contributed by atoms with E-state index in [2.05, 4.69) is 20.5 Å². The molecule has 0 bridgehead atoms. The zero-order chi connectivity index (χ0) is 16.1. The van der Waals surface area contributed by atoms with Gasteiger partial charge in [-0.05, 0) is 31.4 Å². The van der Waals surface area contributed by atoms with Gasteiger partial charge < -0.3 is 10.4 Å². The van der Waals surface area contributed by atoms with Crippen molar-refractivity contribution in [3.63, 3.8) is 0 Å². The average Bonchev–Trinajstić information content (AvgIpc) is 2.91. The average molecular weight is 302 g/mol. The number of aromatic amines is 1. The molecular formula is C16H22N4O2. The molecule has 0 aliphatic rings. The van der Waals surface area contributed by atoms with Crippen LogP contribution in [0.25, 0.3) is 11.4 Å². The number of H-pyrrole nitrogens is 1. The van der Waals surface area contributed by atoms with Crippen molar-refractivity contribution in [1.82, 2.24) is 20.5 Å². The highest BCUT2D eigenvalue weighted by molar-refractivity contribution is 5.94. The Morgan fingerprint density at radius 1 is 1.32 bits per heavy atom. The van der Waals surface area contributed by atoms with E-state index < -0.39 is 6.10 Å². The Bertz CT molecular complexity index is 619. The molecule has 1 atom stereocenters. The number of hydrogen-bond acceptors (Lipinski definition) is 4. The largest absolute Gasteiger partial charge is 0.391 e. The lowest BCUT2D eigenvalue weighted by Crippen LogP contribution is -2.32. The first-order valence-corrected chi connectivity index (χ1v) is 7.41. The Morgan fingerprint density at radius 3 is 2.55 bits per heavy atom. The molecule has 0 radical (unpaired) electrons. The first kappa shape index (κ1) is 16.2. The second kappa shape index (κ2) is 7.17. The fourth-order valence-corrected chi connectivity index (χ4v) is 2.18. The fourth-order valence-electron chi connectivity index (χ4n) is 2.18. The predicted molar refractivity (Wildman–Crippen MR) is 84.4 cm³/mol. The number of aromatic nitrogens is 3. The van der Waals surface area contributed by atoms with Crippen LogP contribution < -0.4 is 5.32 Å². The minimum atomic E-state index is -0.514. The SMILES string of the molecule is Cc1nc(-c2ccc(C(=O)NCC(O)CC(C)C)cc2)n[nH]1. The summed E-state index contributed by atoms with van der Waals surface area (Å²) in [4.78, 5) is 16.3. The standard InChI is InChI=1S/C16H22N4O2/c1-10(2)8-14(21)9-17-16(22)13-6-4-12(5-7-13)15-18-11(3)19-20-15/h4-7,10,14,21H,8-9H2,1-3H3,(H,17,22)(H,18,19,20). The summed E-state index contributed by atoms with van der Waals surface area (Å²) in [7, 11) is 0. The zero-order valence-electron chi connectivity index (χ0n) is 13.1. The number of amides is 1. The zero-order valence-corrected chi connectivity index (χ0v) is 13.1. The molecule has 2 rings (SSSR count). The van der Waals surface area contributed by atoms with E-state index in [1.165, 1.54) is 0 Å². The lowest BCUT2D eigenvalue weighted by atomic mass is 10.1. The summed E-state index contributed by atoms with van der Waals surface area (Å²) in [6.45, 7) is 6.17. The van der Waals surface area contributed by atoms with Crippen LogP contribution in [-0.2, 0) is 0 Å². The van der Waals surface area contributed by atoms with Gasteiger partial charge in [0.05, 0.1) is 6.10 Å². The number of nitrogens with zero attached hydrogens (tertiary/aromatic N) is 2. The molecule has 1 amide bonds. The van der Waals surface area contributed by atoms with Gasteiger partial charge >= 0.3 is 0 Å². The number of nitrogens with one attached hydrogen (secondary N) is 2. The molecule has 1 aromatic carbocycles. The molecule has 0 saturated carbocycles. The Hall–Kier alpha value is -2.21. The summed E-state index contributed by atoms with van der Waals surface area (Å²) in [5, 5.41) is 19.4. The third-order valence-corrected chi connectivity index (χ3v) is 3.24. The van der Waals surface area contributed by atoms with Gasteiger partial charge in [-0.1, -0.05) is 26.0 Å². The van der Waals surface area contributed by atoms with Crippen molar-refractivity contribution in [2.24, 2.45) is 5.92 Å². The Balaban J connectivity index is 1.94. The number of hydrogen-bond donors (Lipinski definition) is 3. The topological polar surface area (TPSA) is 90.9 Å². The van der Waals surface area contributed by atoms with Crippen molar-refractivity contribution in [2.45, 2.75) is 33.3 Å². The van der Waals surface area contributed by atoms with Crippen molar-refractivity contribution < 1.29 is 9.90 Å². The smallest absolute Gasteiger partial charge is 0.251 e. The molecule has 0 spiro atoms. The normalized spacial score (nSPS) is 12.4. The maximum atomic E-state index is 12.0. The number of carbonyl (C=O) groups excluding carboxylic acids is 1. The fraction of sp³-hybridized carbons (Fsp3) is 0.438. The minimum Gasteiger partial charge on any atom is -0.391 e. The van der Waals surface area contributed by atoms with Crippen molar-refractivity contribution in [3.05, 3.63) is 35.7 Å². The Morgan fingerprint density at radius 2 is 2.00 bits per heavy atom. The van der Waals surface area contributed by atoms with Crippen molar-refractivity contribution in [2.75, 3.05) is 6.54 Å².